The van der Waals surface area contributed by atoms with E-state index in [2.05, 4.69) is 26.8 Å². The van der Waals surface area contributed by atoms with E-state index in [0.29, 0.717) is 30.5 Å². The lowest BCUT2D eigenvalue weighted by molar-refractivity contribution is 0.0981. The van der Waals surface area contributed by atoms with Gasteiger partial charge in [-0.05, 0) is 56.2 Å². The maximum atomic E-state index is 13.4. The molecule has 5 rings (SSSR count). The molecule has 1 unspecified atom stereocenters. The number of amides is 1. The molecule has 1 saturated heterocycles. The van der Waals surface area contributed by atoms with E-state index in [0.717, 1.165) is 12.0 Å². The summed E-state index contributed by atoms with van der Waals surface area (Å²) in [6.07, 6.45) is 2.52. The zero-order valence-electron chi connectivity index (χ0n) is 22.2. The molecule has 1 fully saturated rings. The van der Waals surface area contributed by atoms with Crippen LogP contribution < -0.4 is 20.1 Å². The number of ether oxygens (including phenoxy) is 1. The van der Waals surface area contributed by atoms with Crippen LogP contribution >= 0.6 is 0 Å². The highest BCUT2D eigenvalue weighted by Crippen LogP contribution is 2.33. The molecule has 40 heavy (non-hydrogen) atoms. The molecule has 1 aliphatic rings. The molecular formula is C29H30N6O4S. The topological polar surface area (TPSA) is 140 Å². The van der Waals surface area contributed by atoms with Gasteiger partial charge in [-0.2, -0.15) is 8.42 Å². The number of rotatable bonds is 8. The molecular weight excluding hydrogens is 528 g/mol. The predicted molar refractivity (Wildman–Crippen MR) is 153 cm³/mol. The highest BCUT2D eigenvalue weighted by molar-refractivity contribution is 7.90. The number of nitrogens with one attached hydrogen (secondary N) is 1. The molecule has 4 heterocycles. The van der Waals surface area contributed by atoms with Gasteiger partial charge in [-0.1, -0.05) is 36.4 Å². The number of hydrogen-bond acceptors (Lipinski definition) is 9. The van der Waals surface area contributed by atoms with Gasteiger partial charge in [0.25, 0.3) is 15.9 Å². The van der Waals surface area contributed by atoms with Crippen molar-refractivity contribution < 1.29 is 17.9 Å². The Hall–Kier alpha value is -4.51. The zero-order valence-corrected chi connectivity index (χ0v) is 23.0. The van der Waals surface area contributed by atoms with E-state index in [1.54, 1.807) is 24.4 Å². The molecule has 3 aromatic heterocycles. The first kappa shape index (κ1) is 27.1. The van der Waals surface area contributed by atoms with Crippen LogP contribution in [0.2, 0.25) is 0 Å². The predicted octanol–water partition coefficient (Wildman–Crippen LogP) is 4.02. The van der Waals surface area contributed by atoms with Gasteiger partial charge in [0.1, 0.15) is 11.6 Å². The van der Waals surface area contributed by atoms with E-state index < -0.39 is 15.9 Å². The number of nitrogen functional groups attached to an aromatic ring is 1. The lowest BCUT2D eigenvalue weighted by Crippen LogP contribution is -2.33. The summed E-state index contributed by atoms with van der Waals surface area (Å²) in [5, 5.41) is -0.341. The summed E-state index contributed by atoms with van der Waals surface area (Å²) in [5.74, 6) is 0.369. The van der Waals surface area contributed by atoms with Crippen molar-refractivity contribution in [3.05, 3.63) is 90.1 Å². The van der Waals surface area contributed by atoms with E-state index in [1.165, 1.54) is 23.8 Å². The number of pyridine rings is 3. The van der Waals surface area contributed by atoms with Crippen LogP contribution in [-0.2, 0) is 10.0 Å². The van der Waals surface area contributed by atoms with Gasteiger partial charge in [-0.25, -0.2) is 19.7 Å². The largest absolute Gasteiger partial charge is 0.475 e. The quantitative estimate of drug-likeness (QED) is 0.328. The summed E-state index contributed by atoms with van der Waals surface area (Å²) in [6.45, 7) is 5.13. The molecule has 0 bridgehead atoms. The molecule has 0 spiro atoms. The lowest BCUT2D eigenvalue weighted by atomic mass is 9.99. The van der Waals surface area contributed by atoms with Gasteiger partial charge in [0.15, 0.2) is 5.03 Å². The Kier molecular flexibility index (Phi) is 7.65. The standard InChI is InChI=1S/C29H30N6O4S/c1-19(2)39-26-14-11-21(17-31-26)24-13-12-23(29(36)34-40(37,38)27-10-6-9-25(30)33-27)28(32-24)35-16-15-22(18-35)20-7-4-3-5-8-20/h3-14,17,19,22H,15-16,18H2,1-2H3,(H2,30,33)(H,34,36). The van der Waals surface area contributed by atoms with E-state index in [1.807, 2.05) is 43.0 Å². The maximum Gasteiger partial charge on any atom is 0.281 e. The molecule has 10 nitrogen and oxygen atoms in total. The van der Waals surface area contributed by atoms with Gasteiger partial charge in [-0.15, -0.1) is 0 Å². The van der Waals surface area contributed by atoms with Crippen molar-refractivity contribution in [3.8, 4) is 17.1 Å². The van der Waals surface area contributed by atoms with Crippen LogP contribution in [0.15, 0.2) is 84.0 Å². The summed E-state index contributed by atoms with van der Waals surface area (Å²) in [6, 6.07) is 21.2. The van der Waals surface area contributed by atoms with E-state index >= 15 is 0 Å². The average Bonchev–Trinajstić information content (AvgIpc) is 3.44. The molecule has 3 N–H and O–H groups in total. The Labute approximate surface area is 233 Å². The Morgan fingerprint density at radius 1 is 1.02 bits per heavy atom. The first-order valence-corrected chi connectivity index (χ1v) is 14.4. The minimum Gasteiger partial charge on any atom is -0.475 e. The SMILES string of the molecule is CC(C)Oc1ccc(-c2ccc(C(=O)NS(=O)(=O)c3cccc(N)n3)c(N3CCC(c4ccccc4)C3)n2)cn1. The molecule has 0 radical (unpaired) electrons. The van der Waals surface area contributed by atoms with Crippen molar-refractivity contribution in [2.24, 2.45) is 0 Å². The van der Waals surface area contributed by atoms with Crippen molar-refractivity contribution >= 4 is 27.6 Å². The minimum absolute atomic E-state index is 0.00703. The second kappa shape index (κ2) is 11.3. The van der Waals surface area contributed by atoms with E-state index in [-0.39, 0.29) is 28.4 Å². The fourth-order valence-corrected chi connectivity index (χ4v) is 5.57. The summed E-state index contributed by atoms with van der Waals surface area (Å²) in [7, 11) is -4.26. The van der Waals surface area contributed by atoms with Crippen LogP contribution in [0, 0.1) is 0 Å². The van der Waals surface area contributed by atoms with Gasteiger partial charge in [0, 0.05) is 36.8 Å². The van der Waals surface area contributed by atoms with Crippen molar-refractivity contribution in [1.82, 2.24) is 19.7 Å². The highest BCUT2D eigenvalue weighted by atomic mass is 32.2. The van der Waals surface area contributed by atoms with Gasteiger partial charge < -0.3 is 15.4 Å². The smallest absolute Gasteiger partial charge is 0.281 e. The monoisotopic (exact) mass is 558 g/mol. The van der Waals surface area contributed by atoms with Gasteiger partial charge in [0.05, 0.1) is 17.4 Å². The molecule has 11 heteroatoms. The first-order chi connectivity index (χ1) is 19.2. The number of nitrogens with two attached hydrogens (primary N) is 1. The highest BCUT2D eigenvalue weighted by Gasteiger charge is 2.30. The van der Waals surface area contributed by atoms with Gasteiger partial charge in [-0.3, -0.25) is 4.79 Å². The number of hydrogen-bond donors (Lipinski definition) is 2. The third-order valence-corrected chi connectivity index (χ3v) is 7.75. The number of carbonyl (C=O) groups excluding carboxylic acids is 1. The molecule has 1 aliphatic heterocycles. The Morgan fingerprint density at radius 3 is 2.52 bits per heavy atom. The molecule has 4 aromatic rings. The second-order valence-electron chi connectivity index (χ2n) is 9.80. The normalized spacial score (nSPS) is 15.3. The summed E-state index contributed by atoms with van der Waals surface area (Å²) in [5.41, 5.74) is 8.32. The van der Waals surface area contributed by atoms with Crippen LogP contribution in [0.25, 0.3) is 11.3 Å². The molecule has 0 aliphatic carbocycles. The molecule has 1 aromatic carbocycles. The number of anilines is 2. The van der Waals surface area contributed by atoms with Crippen LogP contribution in [0.1, 0.15) is 42.1 Å². The molecule has 1 amide bonds. The Bertz CT molecular complexity index is 1610. The number of sulfonamides is 1. The summed E-state index contributed by atoms with van der Waals surface area (Å²) in [4.78, 5) is 28.5. The molecule has 206 valence electrons. The van der Waals surface area contributed by atoms with E-state index in [9.17, 15) is 13.2 Å². The Morgan fingerprint density at radius 2 is 1.82 bits per heavy atom. The van der Waals surface area contributed by atoms with Crippen molar-refractivity contribution in [2.45, 2.75) is 37.3 Å². The van der Waals surface area contributed by atoms with Gasteiger partial charge in [0.2, 0.25) is 5.88 Å². The number of aromatic nitrogens is 3. The van der Waals surface area contributed by atoms with Crippen LogP contribution in [0.5, 0.6) is 5.88 Å². The van der Waals surface area contributed by atoms with Gasteiger partial charge >= 0.3 is 0 Å². The third-order valence-electron chi connectivity index (χ3n) is 6.51. The number of nitrogens with zero attached hydrogens (tertiary/aromatic N) is 4. The van der Waals surface area contributed by atoms with Crippen LogP contribution in [-0.4, -0.2) is 48.5 Å². The molecule has 0 saturated carbocycles. The number of carbonyl (C=O) groups is 1. The third kappa shape index (κ3) is 6.04. The average molecular weight is 559 g/mol. The minimum atomic E-state index is -4.26. The molecule has 1 atom stereocenters. The van der Waals surface area contributed by atoms with Crippen molar-refractivity contribution in [2.75, 3.05) is 23.7 Å². The van der Waals surface area contributed by atoms with Crippen molar-refractivity contribution in [3.63, 3.8) is 0 Å². The summed E-state index contributed by atoms with van der Waals surface area (Å²) >= 11 is 0. The first-order valence-electron chi connectivity index (χ1n) is 12.9. The maximum absolute atomic E-state index is 13.4. The van der Waals surface area contributed by atoms with Crippen LogP contribution in [0.3, 0.4) is 0 Å². The fraction of sp³-hybridized carbons (Fsp3) is 0.241. The van der Waals surface area contributed by atoms with Crippen LogP contribution in [0.4, 0.5) is 11.6 Å². The van der Waals surface area contributed by atoms with E-state index in [4.69, 9.17) is 15.5 Å². The lowest BCUT2D eigenvalue weighted by Gasteiger charge is -2.22. The Balaban J connectivity index is 1.48. The van der Waals surface area contributed by atoms with Crippen molar-refractivity contribution in [1.29, 1.82) is 0 Å². The fourth-order valence-electron chi connectivity index (χ4n) is 4.63. The summed E-state index contributed by atoms with van der Waals surface area (Å²) < 4.78 is 33.6. The zero-order chi connectivity index (χ0) is 28.3. The second-order valence-corrected chi connectivity index (χ2v) is 11.4. The number of benzene rings is 1.